The maximum absolute atomic E-state index is 13.9. The fourth-order valence-electron chi connectivity index (χ4n) is 3.30. The summed E-state index contributed by atoms with van der Waals surface area (Å²) in [5.41, 5.74) is 0.122. The van der Waals surface area contributed by atoms with Gasteiger partial charge in [0.15, 0.2) is 11.7 Å². The second-order valence-electron chi connectivity index (χ2n) is 7.58. The minimum atomic E-state index is -0.730. The topological polar surface area (TPSA) is 75.4 Å². The first-order chi connectivity index (χ1) is 13.8. The third kappa shape index (κ3) is 5.40. The van der Waals surface area contributed by atoms with Crippen LogP contribution in [0.3, 0.4) is 0 Å². The van der Waals surface area contributed by atoms with E-state index in [9.17, 15) is 18.4 Å². The van der Waals surface area contributed by atoms with Crippen LogP contribution in [0.5, 0.6) is 0 Å². The Kier molecular flexibility index (Phi) is 6.61. The number of halogens is 2. The summed E-state index contributed by atoms with van der Waals surface area (Å²) in [6.45, 7) is 4.83. The number of benzene rings is 1. The van der Waals surface area contributed by atoms with Gasteiger partial charge in [0.25, 0.3) is 0 Å². The molecule has 156 valence electrons. The predicted molar refractivity (Wildman–Crippen MR) is 103 cm³/mol. The fraction of sp³-hybridized carbons (Fsp3) is 0.476. The summed E-state index contributed by atoms with van der Waals surface area (Å²) in [6, 6.07) is 3.19. The molecule has 1 unspecified atom stereocenters. The molecule has 1 N–H and O–H groups in total. The zero-order valence-electron chi connectivity index (χ0n) is 16.6. The van der Waals surface area contributed by atoms with Gasteiger partial charge < -0.3 is 14.6 Å². The molecule has 1 aliphatic heterocycles. The van der Waals surface area contributed by atoms with E-state index in [1.807, 2.05) is 13.8 Å². The van der Waals surface area contributed by atoms with E-state index >= 15 is 0 Å². The standard InChI is InChI=1S/C21H25F2N3O3/c1-13(2)21(28)25-15-4-3-9-26(12-15)20(27)8-7-19-24-11-18(29-19)16-6-5-14(22)10-17(16)23/h5-6,10-11,13,15H,3-4,7-9,12H2,1-2H3,(H,25,28). The lowest BCUT2D eigenvalue weighted by atomic mass is 10.0. The Morgan fingerprint density at radius 3 is 2.86 bits per heavy atom. The van der Waals surface area contributed by atoms with E-state index in [1.165, 1.54) is 12.3 Å². The monoisotopic (exact) mass is 405 g/mol. The minimum absolute atomic E-state index is 0.00959. The quantitative estimate of drug-likeness (QED) is 0.800. The molecule has 0 aliphatic carbocycles. The lowest BCUT2D eigenvalue weighted by molar-refractivity contribution is -0.134. The molecule has 1 atom stereocenters. The molecule has 2 amide bonds. The van der Waals surface area contributed by atoms with Crippen molar-refractivity contribution in [3.05, 3.63) is 41.9 Å². The molecule has 1 aromatic carbocycles. The van der Waals surface area contributed by atoms with E-state index in [4.69, 9.17) is 4.42 Å². The summed E-state index contributed by atoms with van der Waals surface area (Å²) >= 11 is 0. The van der Waals surface area contributed by atoms with E-state index in [0.717, 1.165) is 25.0 Å². The van der Waals surface area contributed by atoms with Crippen molar-refractivity contribution in [1.29, 1.82) is 0 Å². The van der Waals surface area contributed by atoms with Crippen LogP contribution < -0.4 is 5.32 Å². The Balaban J connectivity index is 1.54. The highest BCUT2D eigenvalue weighted by atomic mass is 19.1. The van der Waals surface area contributed by atoms with Crippen molar-refractivity contribution in [1.82, 2.24) is 15.2 Å². The Bertz CT molecular complexity index is 882. The summed E-state index contributed by atoms with van der Waals surface area (Å²) in [4.78, 5) is 30.3. The molecule has 1 fully saturated rings. The van der Waals surface area contributed by atoms with Crippen molar-refractivity contribution in [2.24, 2.45) is 5.92 Å². The summed E-state index contributed by atoms with van der Waals surface area (Å²) in [6.07, 6.45) is 3.54. The number of oxazole rings is 1. The molecule has 2 aromatic rings. The van der Waals surface area contributed by atoms with Crippen molar-refractivity contribution in [2.75, 3.05) is 13.1 Å². The molecule has 1 aliphatic rings. The lowest BCUT2D eigenvalue weighted by Gasteiger charge is -2.33. The zero-order chi connectivity index (χ0) is 21.0. The second-order valence-corrected chi connectivity index (χ2v) is 7.58. The smallest absolute Gasteiger partial charge is 0.223 e. The van der Waals surface area contributed by atoms with Gasteiger partial charge in [0.1, 0.15) is 11.6 Å². The van der Waals surface area contributed by atoms with Gasteiger partial charge in [0.05, 0.1) is 11.8 Å². The Hall–Kier alpha value is -2.77. The van der Waals surface area contributed by atoms with E-state index in [-0.39, 0.29) is 47.9 Å². The number of piperidine rings is 1. The average molecular weight is 405 g/mol. The van der Waals surface area contributed by atoms with Gasteiger partial charge >= 0.3 is 0 Å². The van der Waals surface area contributed by atoms with E-state index < -0.39 is 11.6 Å². The third-order valence-electron chi connectivity index (χ3n) is 4.95. The first kappa shape index (κ1) is 21.0. The van der Waals surface area contributed by atoms with Crippen LogP contribution in [0.25, 0.3) is 11.3 Å². The number of hydrogen-bond acceptors (Lipinski definition) is 4. The van der Waals surface area contributed by atoms with Crippen LogP contribution in [-0.4, -0.2) is 40.8 Å². The van der Waals surface area contributed by atoms with Crippen LogP contribution in [0, 0.1) is 17.6 Å². The Labute approximate surface area is 168 Å². The Morgan fingerprint density at radius 1 is 1.34 bits per heavy atom. The molecule has 1 aromatic heterocycles. The third-order valence-corrected chi connectivity index (χ3v) is 4.95. The first-order valence-electron chi connectivity index (χ1n) is 9.81. The number of carbonyl (C=O) groups excluding carboxylic acids is 2. The number of carbonyl (C=O) groups is 2. The number of likely N-dealkylation sites (tertiary alicyclic amines) is 1. The summed E-state index contributed by atoms with van der Waals surface area (Å²) in [7, 11) is 0. The summed E-state index contributed by atoms with van der Waals surface area (Å²) in [5, 5.41) is 2.98. The molecule has 3 rings (SSSR count). The van der Waals surface area contributed by atoms with Crippen LogP contribution >= 0.6 is 0 Å². The highest BCUT2D eigenvalue weighted by Crippen LogP contribution is 2.24. The summed E-state index contributed by atoms with van der Waals surface area (Å²) < 4.78 is 32.4. The average Bonchev–Trinajstić information content (AvgIpc) is 3.15. The molecule has 0 spiro atoms. The van der Waals surface area contributed by atoms with Gasteiger partial charge in [-0.15, -0.1) is 0 Å². The van der Waals surface area contributed by atoms with Gasteiger partial charge in [-0.2, -0.15) is 0 Å². The molecule has 2 heterocycles. The molecule has 6 nitrogen and oxygen atoms in total. The SMILES string of the molecule is CC(C)C(=O)NC1CCCN(C(=O)CCc2ncc(-c3ccc(F)cc3F)o2)C1. The van der Waals surface area contributed by atoms with Crippen molar-refractivity contribution < 1.29 is 22.8 Å². The van der Waals surface area contributed by atoms with Gasteiger partial charge in [-0.25, -0.2) is 13.8 Å². The van der Waals surface area contributed by atoms with Crippen molar-refractivity contribution in [3.63, 3.8) is 0 Å². The van der Waals surface area contributed by atoms with E-state index in [1.54, 1.807) is 4.90 Å². The van der Waals surface area contributed by atoms with Gasteiger partial charge in [0, 0.05) is 44.0 Å². The second kappa shape index (κ2) is 9.15. The van der Waals surface area contributed by atoms with Crippen molar-refractivity contribution in [2.45, 2.75) is 45.6 Å². The minimum Gasteiger partial charge on any atom is -0.441 e. The van der Waals surface area contributed by atoms with Crippen LogP contribution in [-0.2, 0) is 16.0 Å². The van der Waals surface area contributed by atoms with Gasteiger partial charge in [-0.1, -0.05) is 13.8 Å². The lowest BCUT2D eigenvalue weighted by Crippen LogP contribution is -2.50. The number of aromatic nitrogens is 1. The molecule has 0 saturated carbocycles. The van der Waals surface area contributed by atoms with Gasteiger partial charge in [-0.05, 0) is 25.0 Å². The van der Waals surface area contributed by atoms with Crippen molar-refractivity contribution in [3.8, 4) is 11.3 Å². The molecular formula is C21H25F2N3O3. The van der Waals surface area contributed by atoms with Crippen molar-refractivity contribution >= 4 is 11.8 Å². The number of hydrogen-bond donors (Lipinski definition) is 1. The zero-order valence-corrected chi connectivity index (χ0v) is 16.6. The van der Waals surface area contributed by atoms with Crippen LogP contribution in [0.2, 0.25) is 0 Å². The normalized spacial score (nSPS) is 16.9. The number of nitrogens with zero attached hydrogens (tertiary/aromatic N) is 2. The molecule has 8 heteroatoms. The van der Waals surface area contributed by atoms with Crippen LogP contribution in [0.4, 0.5) is 8.78 Å². The van der Waals surface area contributed by atoms with E-state index in [2.05, 4.69) is 10.3 Å². The maximum Gasteiger partial charge on any atom is 0.223 e. The number of amides is 2. The predicted octanol–water partition coefficient (Wildman–Crippen LogP) is 3.32. The number of aryl methyl sites for hydroxylation is 1. The summed E-state index contributed by atoms with van der Waals surface area (Å²) in [5.74, 6) is -1.03. The molecule has 0 bridgehead atoms. The van der Waals surface area contributed by atoms with E-state index in [0.29, 0.717) is 19.0 Å². The number of rotatable bonds is 6. The van der Waals surface area contributed by atoms with Crippen LogP contribution in [0.1, 0.15) is 39.0 Å². The van der Waals surface area contributed by atoms with Gasteiger partial charge in [0.2, 0.25) is 11.8 Å². The molecule has 0 radical (unpaired) electrons. The van der Waals surface area contributed by atoms with Crippen LogP contribution in [0.15, 0.2) is 28.8 Å². The molecular weight excluding hydrogens is 380 g/mol. The maximum atomic E-state index is 13.9. The molecule has 29 heavy (non-hydrogen) atoms. The number of nitrogens with one attached hydrogen (secondary N) is 1. The van der Waals surface area contributed by atoms with Gasteiger partial charge in [-0.3, -0.25) is 9.59 Å². The fourth-order valence-corrected chi connectivity index (χ4v) is 3.30. The first-order valence-corrected chi connectivity index (χ1v) is 9.81. The largest absolute Gasteiger partial charge is 0.441 e. The highest BCUT2D eigenvalue weighted by molar-refractivity contribution is 5.79. The Morgan fingerprint density at radius 2 is 2.14 bits per heavy atom. The highest BCUT2D eigenvalue weighted by Gasteiger charge is 2.25. The molecule has 1 saturated heterocycles.